The predicted molar refractivity (Wildman–Crippen MR) is 77.7 cm³/mol. The van der Waals surface area contributed by atoms with Crippen molar-refractivity contribution < 1.29 is 17.5 Å². The highest BCUT2D eigenvalue weighted by Gasteiger charge is 2.40. The van der Waals surface area contributed by atoms with Gasteiger partial charge in [-0.1, -0.05) is 17.2 Å². The maximum absolute atomic E-state index is 13.0. The monoisotopic (exact) mass is 325 g/mol. The summed E-state index contributed by atoms with van der Waals surface area (Å²) in [6.45, 7) is 5.69. The molecule has 0 radical (unpaired) electrons. The second-order valence-corrected chi connectivity index (χ2v) is 7.33. The van der Waals surface area contributed by atoms with E-state index in [1.165, 1.54) is 4.31 Å². The third-order valence-corrected chi connectivity index (χ3v) is 6.16. The van der Waals surface area contributed by atoms with Crippen LogP contribution < -0.4 is 0 Å². The minimum atomic E-state index is -3.66. The number of sulfonamides is 1. The van der Waals surface area contributed by atoms with Gasteiger partial charge in [0.15, 0.2) is 11.5 Å². The van der Waals surface area contributed by atoms with E-state index in [0.29, 0.717) is 23.8 Å². The van der Waals surface area contributed by atoms with Crippen molar-refractivity contribution in [2.45, 2.75) is 51.0 Å². The highest BCUT2D eigenvalue weighted by molar-refractivity contribution is 7.89. The number of nitrogens with zero attached hydrogens (tertiary/aromatic N) is 3. The highest BCUT2D eigenvalue weighted by atomic mass is 32.2. The molecule has 1 saturated heterocycles. The fraction of sp³-hybridized carbons (Fsp3) is 0.571. The van der Waals surface area contributed by atoms with E-state index in [1.807, 2.05) is 13.0 Å². The summed E-state index contributed by atoms with van der Waals surface area (Å²) >= 11 is 0. The number of aromatic nitrogens is 2. The summed E-state index contributed by atoms with van der Waals surface area (Å²) in [5.41, 5.74) is 1.21. The minimum absolute atomic E-state index is 0.162. The van der Waals surface area contributed by atoms with Gasteiger partial charge in [-0.15, -0.1) is 0 Å². The molecule has 0 bridgehead atoms. The first-order valence-corrected chi connectivity index (χ1v) is 8.79. The molecule has 0 N–H and O–H groups in total. The van der Waals surface area contributed by atoms with Crippen molar-refractivity contribution in [3.63, 3.8) is 0 Å². The highest BCUT2D eigenvalue weighted by Crippen LogP contribution is 2.38. The topological polar surface area (TPSA) is 89.4 Å². The Balaban J connectivity index is 1.99. The van der Waals surface area contributed by atoms with Crippen molar-refractivity contribution in [3.05, 3.63) is 29.0 Å². The van der Waals surface area contributed by atoms with Gasteiger partial charge in [-0.25, -0.2) is 8.42 Å². The average Bonchev–Trinajstić information content (AvgIpc) is 3.17. The van der Waals surface area contributed by atoms with Crippen LogP contribution in [0.1, 0.15) is 48.7 Å². The first-order valence-electron chi connectivity index (χ1n) is 7.35. The van der Waals surface area contributed by atoms with Crippen LogP contribution in [-0.2, 0) is 16.4 Å². The fourth-order valence-electron chi connectivity index (χ4n) is 2.92. The largest absolute Gasteiger partial charge is 0.360 e. The molecule has 0 saturated carbocycles. The maximum atomic E-state index is 13.0. The average molecular weight is 325 g/mol. The van der Waals surface area contributed by atoms with Gasteiger partial charge in [0.25, 0.3) is 0 Å². The van der Waals surface area contributed by atoms with E-state index in [9.17, 15) is 8.42 Å². The quantitative estimate of drug-likeness (QED) is 0.857. The van der Waals surface area contributed by atoms with E-state index in [1.54, 1.807) is 13.8 Å². The SMILES string of the molecule is CCc1cc([C@@H]2CCCN2S(=O)(=O)c2c(C)noc2C)on1. The smallest absolute Gasteiger partial charge is 0.249 e. The van der Waals surface area contributed by atoms with Crippen molar-refractivity contribution >= 4 is 10.0 Å². The molecule has 0 unspecified atom stereocenters. The minimum Gasteiger partial charge on any atom is -0.360 e. The zero-order valence-corrected chi connectivity index (χ0v) is 13.7. The molecular formula is C14H19N3O4S. The lowest BCUT2D eigenvalue weighted by molar-refractivity contribution is 0.296. The lowest BCUT2D eigenvalue weighted by Crippen LogP contribution is -2.31. The van der Waals surface area contributed by atoms with Crippen LogP contribution >= 0.6 is 0 Å². The Hall–Kier alpha value is -1.67. The Morgan fingerprint density at radius 1 is 1.32 bits per heavy atom. The van der Waals surface area contributed by atoms with Crippen LogP contribution in [0.25, 0.3) is 0 Å². The van der Waals surface area contributed by atoms with Gasteiger partial charge in [-0.05, 0) is 33.1 Å². The molecule has 1 fully saturated rings. The molecule has 8 heteroatoms. The Morgan fingerprint density at radius 2 is 2.09 bits per heavy atom. The molecule has 0 amide bonds. The zero-order chi connectivity index (χ0) is 15.9. The van der Waals surface area contributed by atoms with E-state index in [2.05, 4.69) is 10.3 Å². The molecule has 2 aromatic heterocycles. The van der Waals surface area contributed by atoms with Crippen molar-refractivity contribution in [1.82, 2.24) is 14.6 Å². The van der Waals surface area contributed by atoms with Gasteiger partial charge in [0, 0.05) is 12.6 Å². The van der Waals surface area contributed by atoms with E-state index in [4.69, 9.17) is 9.05 Å². The van der Waals surface area contributed by atoms with Gasteiger partial charge in [-0.3, -0.25) is 0 Å². The van der Waals surface area contributed by atoms with E-state index in [-0.39, 0.29) is 10.9 Å². The zero-order valence-electron chi connectivity index (χ0n) is 12.9. The standard InChI is InChI=1S/C14H19N3O4S/c1-4-11-8-13(21-16-11)12-6-5-7-17(12)22(18,19)14-9(2)15-20-10(14)3/h8,12H,4-7H2,1-3H3/t12-/m0/s1. The molecule has 120 valence electrons. The van der Waals surface area contributed by atoms with Crippen LogP contribution in [0.5, 0.6) is 0 Å². The molecule has 0 spiro atoms. The molecule has 2 aromatic rings. The summed E-state index contributed by atoms with van der Waals surface area (Å²) in [7, 11) is -3.66. The third-order valence-electron chi connectivity index (χ3n) is 4.01. The van der Waals surface area contributed by atoms with Gasteiger partial charge in [0.05, 0.1) is 11.7 Å². The summed E-state index contributed by atoms with van der Waals surface area (Å²) < 4.78 is 37.8. The maximum Gasteiger partial charge on any atom is 0.249 e. The van der Waals surface area contributed by atoms with Crippen LogP contribution in [0.15, 0.2) is 20.0 Å². The van der Waals surface area contributed by atoms with Crippen molar-refractivity contribution in [1.29, 1.82) is 0 Å². The lowest BCUT2D eigenvalue weighted by atomic mass is 10.1. The third kappa shape index (κ3) is 2.36. The van der Waals surface area contributed by atoms with E-state index >= 15 is 0 Å². The summed E-state index contributed by atoms with van der Waals surface area (Å²) in [4.78, 5) is 0.162. The number of hydrogen-bond donors (Lipinski definition) is 0. The van der Waals surface area contributed by atoms with Gasteiger partial charge in [-0.2, -0.15) is 4.31 Å². The molecular weight excluding hydrogens is 306 g/mol. The van der Waals surface area contributed by atoms with Crippen LogP contribution in [0.3, 0.4) is 0 Å². The van der Waals surface area contributed by atoms with Gasteiger partial charge in [0.2, 0.25) is 10.0 Å². The van der Waals surface area contributed by atoms with Gasteiger partial charge >= 0.3 is 0 Å². The molecule has 1 aliphatic rings. The van der Waals surface area contributed by atoms with E-state index in [0.717, 1.165) is 25.0 Å². The van der Waals surface area contributed by atoms with Crippen LogP contribution in [-0.4, -0.2) is 29.6 Å². The Morgan fingerprint density at radius 3 is 2.68 bits per heavy atom. The van der Waals surface area contributed by atoms with Crippen LogP contribution in [0.4, 0.5) is 0 Å². The Bertz CT molecular complexity index is 758. The summed E-state index contributed by atoms with van der Waals surface area (Å²) in [6.07, 6.45) is 2.27. The molecule has 1 atom stereocenters. The van der Waals surface area contributed by atoms with Gasteiger partial charge < -0.3 is 9.05 Å². The summed E-state index contributed by atoms with van der Waals surface area (Å²) in [5.74, 6) is 0.916. The normalized spacial score (nSPS) is 19.9. The first kappa shape index (κ1) is 15.2. The number of aryl methyl sites for hydroxylation is 3. The molecule has 3 rings (SSSR count). The predicted octanol–water partition coefficient (Wildman–Crippen LogP) is 2.37. The Kier molecular flexibility index (Phi) is 3.82. The lowest BCUT2D eigenvalue weighted by Gasteiger charge is -2.21. The fourth-order valence-corrected chi connectivity index (χ4v) is 4.88. The first-order chi connectivity index (χ1) is 10.4. The molecule has 7 nitrogen and oxygen atoms in total. The molecule has 1 aliphatic heterocycles. The van der Waals surface area contributed by atoms with Crippen LogP contribution in [0.2, 0.25) is 0 Å². The van der Waals surface area contributed by atoms with E-state index < -0.39 is 10.0 Å². The summed E-state index contributed by atoms with van der Waals surface area (Å²) in [5, 5.41) is 7.72. The second kappa shape index (κ2) is 5.51. The molecule has 3 heterocycles. The molecule has 0 aromatic carbocycles. The van der Waals surface area contributed by atoms with Crippen molar-refractivity contribution in [3.8, 4) is 0 Å². The number of hydrogen-bond acceptors (Lipinski definition) is 6. The van der Waals surface area contributed by atoms with Crippen molar-refractivity contribution in [2.24, 2.45) is 0 Å². The second-order valence-electron chi connectivity index (χ2n) is 5.50. The molecule has 0 aliphatic carbocycles. The van der Waals surface area contributed by atoms with Gasteiger partial charge in [0.1, 0.15) is 10.6 Å². The summed E-state index contributed by atoms with van der Waals surface area (Å²) in [6, 6.07) is 1.53. The Labute approximate surface area is 129 Å². The van der Waals surface area contributed by atoms with Crippen molar-refractivity contribution in [2.75, 3.05) is 6.54 Å². The van der Waals surface area contributed by atoms with Crippen LogP contribution in [0, 0.1) is 13.8 Å². The number of rotatable bonds is 4. The molecule has 22 heavy (non-hydrogen) atoms.